The molecule has 0 heterocycles. The number of rotatable bonds is 7. The molecule has 0 bridgehead atoms. The van der Waals surface area contributed by atoms with Crippen molar-refractivity contribution in [2.75, 3.05) is 14.2 Å². The Kier molecular flexibility index (Phi) is 6.53. The van der Waals surface area contributed by atoms with Crippen LogP contribution in [-0.4, -0.2) is 31.2 Å². The van der Waals surface area contributed by atoms with E-state index in [0.29, 0.717) is 6.04 Å². The highest BCUT2D eigenvalue weighted by Crippen LogP contribution is 2.26. The Morgan fingerprint density at radius 3 is 1.69 bits per heavy atom. The van der Waals surface area contributed by atoms with Crippen LogP contribution in [0, 0.1) is 0 Å². The molecule has 3 rings (SSSR count). The first-order valence-electron chi connectivity index (χ1n) is 9.45. The Morgan fingerprint density at radius 1 is 0.808 bits per heavy atom. The number of hydrogen-bond acceptors (Lipinski definition) is 4. The lowest BCUT2D eigenvalue weighted by Gasteiger charge is -2.38. The first-order chi connectivity index (χ1) is 12.7. The maximum atomic E-state index is 6.50. The van der Waals surface area contributed by atoms with Crippen LogP contribution in [0.1, 0.15) is 36.8 Å². The van der Waals surface area contributed by atoms with Crippen LogP contribution in [0.3, 0.4) is 0 Å². The lowest BCUT2D eigenvalue weighted by molar-refractivity contribution is 0.122. The molecule has 0 spiro atoms. The van der Waals surface area contributed by atoms with Crippen LogP contribution in [0.25, 0.3) is 0 Å². The quantitative estimate of drug-likeness (QED) is 0.817. The zero-order chi connectivity index (χ0) is 18.4. The topological polar surface area (TPSA) is 47.7 Å². The molecule has 1 fully saturated rings. The summed E-state index contributed by atoms with van der Waals surface area (Å²) in [7, 11) is 3.40. The Bertz CT molecular complexity index is 620. The number of ether oxygens (including phenoxy) is 2. The van der Waals surface area contributed by atoms with E-state index in [-0.39, 0.29) is 6.04 Å². The van der Waals surface area contributed by atoms with Gasteiger partial charge in [-0.25, -0.2) is 0 Å². The van der Waals surface area contributed by atoms with E-state index in [1.54, 1.807) is 14.2 Å². The van der Waals surface area contributed by atoms with Crippen molar-refractivity contribution in [2.45, 2.75) is 50.9 Å². The van der Waals surface area contributed by atoms with E-state index in [1.165, 1.54) is 30.4 Å². The first kappa shape index (κ1) is 18.7. The summed E-state index contributed by atoms with van der Waals surface area (Å²) in [4.78, 5) is 2.54. The van der Waals surface area contributed by atoms with Gasteiger partial charge in [-0.1, -0.05) is 37.1 Å². The highest BCUT2D eigenvalue weighted by atomic mass is 16.5. The van der Waals surface area contributed by atoms with Gasteiger partial charge in [0.25, 0.3) is 0 Å². The molecule has 0 aliphatic heterocycles. The van der Waals surface area contributed by atoms with Gasteiger partial charge in [-0.15, -0.1) is 0 Å². The molecule has 2 aromatic rings. The van der Waals surface area contributed by atoms with E-state index in [9.17, 15) is 0 Å². The molecule has 4 heteroatoms. The van der Waals surface area contributed by atoms with E-state index in [1.807, 2.05) is 24.3 Å². The van der Waals surface area contributed by atoms with Gasteiger partial charge in [0, 0.05) is 25.2 Å². The highest BCUT2D eigenvalue weighted by molar-refractivity contribution is 5.29. The minimum absolute atomic E-state index is 0.250. The molecule has 0 amide bonds. The van der Waals surface area contributed by atoms with Gasteiger partial charge in [-0.05, 0) is 48.2 Å². The second kappa shape index (κ2) is 9.06. The molecule has 0 saturated heterocycles. The van der Waals surface area contributed by atoms with Gasteiger partial charge < -0.3 is 15.2 Å². The maximum absolute atomic E-state index is 6.50. The molecule has 0 aromatic heterocycles. The minimum atomic E-state index is 0.250. The summed E-state index contributed by atoms with van der Waals surface area (Å²) in [5.41, 5.74) is 9.07. The average molecular weight is 354 g/mol. The van der Waals surface area contributed by atoms with Crippen molar-refractivity contribution in [3.8, 4) is 11.5 Å². The van der Waals surface area contributed by atoms with E-state index in [4.69, 9.17) is 15.2 Å². The van der Waals surface area contributed by atoms with Crippen molar-refractivity contribution < 1.29 is 9.47 Å². The number of nitrogens with two attached hydrogens (primary N) is 1. The van der Waals surface area contributed by atoms with Crippen molar-refractivity contribution in [1.82, 2.24) is 4.90 Å². The van der Waals surface area contributed by atoms with Gasteiger partial charge >= 0.3 is 0 Å². The highest BCUT2D eigenvalue weighted by Gasteiger charge is 2.27. The molecule has 2 aromatic carbocycles. The third-order valence-corrected chi connectivity index (χ3v) is 5.34. The molecule has 2 unspecified atom stereocenters. The van der Waals surface area contributed by atoms with E-state index >= 15 is 0 Å². The Labute approximate surface area is 156 Å². The van der Waals surface area contributed by atoms with Gasteiger partial charge in [0.15, 0.2) is 0 Å². The zero-order valence-corrected chi connectivity index (χ0v) is 15.9. The Balaban J connectivity index is 1.77. The number of hydrogen-bond donors (Lipinski definition) is 1. The lowest BCUT2D eigenvalue weighted by atomic mass is 9.89. The fourth-order valence-corrected chi connectivity index (χ4v) is 3.81. The fraction of sp³-hybridized carbons (Fsp3) is 0.455. The zero-order valence-electron chi connectivity index (χ0n) is 15.9. The van der Waals surface area contributed by atoms with Crippen LogP contribution < -0.4 is 15.2 Å². The molecular formula is C22H30N2O2. The van der Waals surface area contributed by atoms with Crippen LogP contribution in [0.2, 0.25) is 0 Å². The standard InChI is InChI=1S/C22H30N2O2/c1-25-19-11-7-17(8-12-19)15-24(22-6-4-3-5-21(22)23)16-18-9-13-20(26-2)14-10-18/h7-14,21-22H,3-6,15-16,23H2,1-2H3. The van der Waals surface area contributed by atoms with Gasteiger partial charge in [0.2, 0.25) is 0 Å². The summed E-state index contributed by atoms with van der Waals surface area (Å²) in [6.07, 6.45) is 4.80. The third kappa shape index (κ3) is 4.77. The normalized spacial score (nSPS) is 20.2. The van der Waals surface area contributed by atoms with Gasteiger partial charge in [0.05, 0.1) is 14.2 Å². The molecule has 1 aliphatic rings. The smallest absolute Gasteiger partial charge is 0.118 e. The van der Waals surface area contributed by atoms with Gasteiger partial charge in [0.1, 0.15) is 11.5 Å². The number of nitrogens with zero attached hydrogens (tertiary/aromatic N) is 1. The van der Waals surface area contributed by atoms with Gasteiger partial charge in [-0.2, -0.15) is 0 Å². The average Bonchev–Trinajstić information content (AvgIpc) is 2.69. The van der Waals surface area contributed by atoms with Crippen molar-refractivity contribution in [2.24, 2.45) is 5.73 Å². The SMILES string of the molecule is COc1ccc(CN(Cc2ccc(OC)cc2)C2CCCCC2N)cc1. The fourth-order valence-electron chi connectivity index (χ4n) is 3.81. The molecule has 0 radical (unpaired) electrons. The molecule has 140 valence electrons. The lowest BCUT2D eigenvalue weighted by Crippen LogP contribution is -2.48. The van der Waals surface area contributed by atoms with Crippen LogP contribution in [-0.2, 0) is 13.1 Å². The van der Waals surface area contributed by atoms with E-state index < -0.39 is 0 Å². The summed E-state index contributed by atoms with van der Waals surface area (Å²) >= 11 is 0. The second-order valence-electron chi connectivity index (χ2n) is 7.12. The van der Waals surface area contributed by atoms with E-state index in [2.05, 4.69) is 29.2 Å². The monoisotopic (exact) mass is 354 g/mol. The summed E-state index contributed by atoms with van der Waals surface area (Å²) in [5, 5.41) is 0. The molecule has 26 heavy (non-hydrogen) atoms. The summed E-state index contributed by atoms with van der Waals surface area (Å²) in [5.74, 6) is 1.79. The number of methoxy groups -OCH3 is 2. The van der Waals surface area contributed by atoms with Crippen molar-refractivity contribution in [3.63, 3.8) is 0 Å². The van der Waals surface area contributed by atoms with Crippen molar-refractivity contribution in [1.29, 1.82) is 0 Å². The molecule has 1 saturated carbocycles. The van der Waals surface area contributed by atoms with E-state index in [0.717, 1.165) is 31.0 Å². The van der Waals surface area contributed by atoms with Gasteiger partial charge in [-0.3, -0.25) is 4.90 Å². The molecule has 2 N–H and O–H groups in total. The molecular weight excluding hydrogens is 324 g/mol. The predicted molar refractivity (Wildman–Crippen MR) is 105 cm³/mol. The minimum Gasteiger partial charge on any atom is -0.497 e. The summed E-state index contributed by atoms with van der Waals surface area (Å²) in [6, 6.07) is 17.4. The van der Waals surface area contributed by atoms with Crippen LogP contribution >= 0.6 is 0 Å². The largest absolute Gasteiger partial charge is 0.497 e. The van der Waals surface area contributed by atoms with Crippen molar-refractivity contribution >= 4 is 0 Å². The predicted octanol–water partition coefficient (Wildman–Crippen LogP) is 3.98. The van der Waals surface area contributed by atoms with Crippen LogP contribution in [0.5, 0.6) is 11.5 Å². The Hall–Kier alpha value is -2.04. The van der Waals surface area contributed by atoms with Crippen LogP contribution in [0.15, 0.2) is 48.5 Å². The molecule has 2 atom stereocenters. The summed E-state index contributed by atoms with van der Waals surface area (Å²) in [6.45, 7) is 1.79. The van der Waals surface area contributed by atoms with Crippen LogP contribution in [0.4, 0.5) is 0 Å². The molecule has 4 nitrogen and oxygen atoms in total. The maximum Gasteiger partial charge on any atom is 0.118 e. The van der Waals surface area contributed by atoms with Crippen molar-refractivity contribution in [3.05, 3.63) is 59.7 Å². The number of benzene rings is 2. The first-order valence-corrected chi connectivity index (χ1v) is 9.45. The summed E-state index contributed by atoms with van der Waals surface area (Å²) < 4.78 is 10.6. The second-order valence-corrected chi connectivity index (χ2v) is 7.12. The third-order valence-electron chi connectivity index (χ3n) is 5.34. The Morgan fingerprint density at radius 2 is 1.27 bits per heavy atom. The molecule has 1 aliphatic carbocycles.